The van der Waals surface area contributed by atoms with Gasteiger partial charge in [-0.1, -0.05) is 0 Å². The number of hydrogen-bond donors (Lipinski definition) is 2. The molecule has 0 aliphatic rings. The van der Waals surface area contributed by atoms with Gasteiger partial charge in [-0.2, -0.15) is 4.39 Å². The van der Waals surface area contributed by atoms with Gasteiger partial charge in [-0.05, 0) is 23.7 Å². The number of benzene rings is 1. The summed E-state index contributed by atoms with van der Waals surface area (Å²) in [6, 6.07) is 1.57. The zero-order valence-corrected chi connectivity index (χ0v) is 10.2. The van der Waals surface area contributed by atoms with Gasteiger partial charge < -0.3 is 10.4 Å². The third-order valence-corrected chi connectivity index (χ3v) is 2.43. The molecule has 2 aromatic rings. The van der Waals surface area contributed by atoms with Crippen LogP contribution in [-0.2, 0) is 0 Å². The second-order valence-corrected chi connectivity index (χ2v) is 3.89. The number of halogens is 4. The van der Waals surface area contributed by atoms with Crippen LogP contribution >= 0.6 is 11.6 Å². The summed E-state index contributed by atoms with van der Waals surface area (Å²) in [5.41, 5.74) is -0.879. The second kappa shape index (κ2) is 5.33. The van der Waals surface area contributed by atoms with Crippen molar-refractivity contribution in [3.8, 4) is 5.75 Å². The van der Waals surface area contributed by atoms with Gasteiger partial charge in [0.2, 0.25) is 11.1 Å². The molecule has 2 rings (SSSR count). The number of rotatable bonds is 2. The number of carbonyl (C=O) groups is 1. The predicted molar refractivity (Wildman–Crippen MR) is 63.0 cm³/mol. The standard InChI is InChI=1S/C11H5ClF3N3O2/c12-11-16-2-1-6(18-11)17-10(20)4-3-5(13)8(15)9(19)7(4)14/h1-3,19H,(H,16,17,18,20). The Morgan fingerprint density at radius 1 is 1.30 bits per heavy atom. The highest BCUT2D eigenvalue weighted by molar-refractivity contribution is 6.28. The monoisotopic (exact) mass is 303 g/mol. The van der Waals surface area contributed by atoms with Crippen molar-refractivity contribution < 1.29 is 23.1 Å². The molecule has 104 valence electrons. The van der Waals surface area contributed by atoms with E-state index < -0.39 is 34.7 Å². The zero-order valence-electron chi connectivity index (χ0n) is 9.49. The zero-order chi connectivity index (χ0) is 14.9. The van der Waals surface area contributed by atoms with Crippen molar-refractivity contribution in [2.45, 2.75) is 0 Å². The van der Waals surface area contributed by atoms with E-state index in [2.05, 4.69) is 15.3 Å². The highest BCUT2D eigenvalue weighted by Gasteiger charge is 2.22. The number of aromatic hydroxyl groups is 1. The van der Waals surface area contributed by atoms with Crippen molar-refractivity contribution in [1.82, 2.24) is 9.97 Å². The van der Waals surface area contributed by atoms with Crippen LogP contribution in [0, 0.1) is 17.5 Å². The van der Waals surface area contributed by atoms with Crippen molar-refractivity contribution >= 4 is 23.3 Å². The molecule has 5 nitrogen and oxygen atoms in total. The minimum atomic E-state index is -1.77. The average Bonchev–Trinajstić information content (AvgIpc) is 2.40. The highest BCUT2D eigenvalue weighted by Crippen LogP contribution is 2.26. The van der Waals surface area contributed by atoms with E-state index in [1.54, 1.807) is 0 Å². The van der Waals surface area contributed by atoms with Crippen LogP contribution in [0.2, 0.25) is 5.28 Å². The number of nitrogens with one attached hydrogen (secondary N) is 1. The summed E-state index contributed by atoms with van der Waals surface area (Å²) in [4.78, 5) is 18.9. The predicted octanol–water partition coefficient (Wildman–Crippen LogP) is 2.51. The van der Waals surface area contributed by atoms with Gasteiger partial charge in [0.05, 0.1) is 5.56 Å². The van der Waals surface area contributed by atoms with E-state index in [4.69, 9.17) is 16.7 Å². The maximum Gasteiger partial charge on any atom is 0.260 e. The van der Waals surface area contributed by atoms with Crippen LogP contribution in [0.3, 0.4) is 0 Å². The lowest BCUT2D eigenvalue weighted by atomic mass is 10.1. The van der Waals surface area contributed by atoms with Gasteiger partial charge in [0.15, 0.2) is 17.4 Å². The van der Waals surface area contributed by atoms with Gasteiger partial charge in [-0.3, -0.25) is 4.79 Å². The van der Waals surface area contributed by atoms with Crippen LogP contribution in [0.5, 0.6) is 5.75 Å². The van der Waals surface area contributed by atoms with Gasteiger partial charge in [0.25, 0.3) is 5.91 Å². The summed E-state index contributed by atoms with van der Waals surface area (Å²) >= 11 is 5.48. The molecule has 1 aromatic carbocycles. The molecule has 2 N–H and O–H groups in total. The summed E-state index contributed by atoms with van der Waals surface area (Å²) in [6.07, 6.45) is 1.23. The summed E-state index contributed by atoms with van der Waals surface area (Å²) in [5, 5.41) is 10.9. The Labute approximate surface area is 115 Å². The molecule has 0 aliphatic heterocycles. The smallest absolute Gasteiger partial charge is 0.260 e. The highest BCUT2D eigenvalue weighted by atomic mass is 35.5. The van der Waals surface area contributed by atoms with Gasteiger partial charge >= 0.3 is 0 Å². The maximum absolute atomic E-state index is 13.5. The quantitative estimate of drug-likeness (QED) is 0.660. The van der Waals surface area contributed by atoms with E-state index in [0.29, 0.717) is 6.07 Å². The van der Waals surface area contributed by atoms with Crippen molar-refractivity contribution in [3.63, 3.8) is 0 Å². The SMILES string of the molecule is O=C(Nc1ccnc(Cl)n1)c1cc(F)c(F)c(O)c1F. The molecule has 0 unspecified atom stereocenters. The van der Waals surface area contributed by atoms with Gasteiger partial charge in [0, 0.05) is 6.20 Å². The van der Waals surface area contributed by atoms with E-state index in [9.17, 15) is 18.0 Å². The molecule has 1 amide bonds. The van der Waals surface area contributed by atoms with E-state index in [1.807, 2.05) is 0 Å². The first-order chi connectivity index (χ1) is 9.40. The van der Waals surface area contributed by atoms with Gasteiger partial charge in [-0.15, -0.1) is 0 Å². The number of nitrogens with zero attached hydrogens (tertiary/aromatic N) is 2. The Kier molecular flexibility index (Phi) is 3.75. The van der Waals surface area contributed by atoms with Crippen LogP contribution in [-0.4, -0.2) is 21.0 Å². The van der Waals surface area contributed by atoms with Crippen molar-refractivity contribution in [2.75, 3.05) is 5.32 Å². The Bertz CT molecular complexity index is 697. The molecule has 0 saturated heterocycles. The molecule has 0 aliphatic carbocycles. The van der Waals surface area contributed by atoms with E-state index in [0.717, 1.165) is 0 Å². The fraction of sp³-hybridized carbons (Fsp3) is 0. The number of aromatic nitrogens is 2. The minimum Gasteiger partial charge on any atom is -0.503 e. The van der Waals surface area contributed by atoms with E-state index >= 15 is 0 Å². The molecular weight excluding hydrogens is 299 g/mol. The van der Waals surface area contributed by atoms with Crippen LogP contribution < -0.4 is 5.32 Å². The Hall–Kier alpha value is -2.35. The Morgan fingerprint density at radius 2 is 2.00 bits per heavy atom. The first-order valence-electron chi connectivity index (χ1n) is 5.06. The molecule has 1 aromatic heterocycles. The molecule has 0 fully saturated rings. The van der Waals surface area contributed by atoms with Crippen LogP contribution in [0.4, 0.5) is 19.0 Å². The number of phenols is 1. The lowest BCUT2D eigenvalue weighted by Crippen LogP contribution is -2.16. The summed E-state index contributed by atoms with van der Waals surface area (Å²) < 4.78 is 39.4. The first kappa shape index (κ1) is 14.1. The molecule has 9 heteroatoms. The molecule has 0 bridgehead atoms. The normalized spacial score (nSPS) is 10.4. The molecular formula is C11H5ClF3N3O2. The van der Waals surface area contributed by atoms with E-state index in [1.165, 1.54) is 12.3 Å². The summed E-state index contributed by atoms with van der Waals surface area (Å²) in [7, 11) is 0. The van der Waals surface area contributed by atoms with Crippen molar-refractivity contribution in [1.29, 1.82) is 0 Å². The minimum absolute atomic E-state index is 0.0707. The molecule has 0 spiro atoms. The molecule has 20 heavy (non-hydrogen) atoms. The third-order valence-electron chi connectivity index (χ3n) is 2.25. The van der Waals surface area contributed by atoms with Gasteiger partial charge in [-0.25, -0.2) is 18.7 Å². The number of phenolic OH excluding ortho intramolecular Hbond substituents is 1. The molecule has 1 heterocycles. The number of amides is 1. The number of anilines is 1. The second-order valence-electron chi connectivity index (χ2n) is 3.55. The fourth-order valence-electron chi connectivity index (χ4n) is 1.34. The Morgan fingerprint density at radius 3 is 2.65 bits per heavy atom. The topological polar surface area (TPSA) is 75.1 Å². The number of hydrogen-bond acceptors (Lipinski definition) is 4. The Balaban J connectivity index is 2.35. The fourth-order valence-corrected chi connectivity index (χ4v) is 1.49. The number of carbonyl (C=O) groups excluding carboxylic acids is 1. The van der Waals surface area contributed by atoms with Crippen LogP contribution in [0.25, 0.3) is 0 Å². The van der Waals surface area contributed by atoms with E-state index in [-0.39, 0.29) is 11.1 Å². The van der Waals surface area contributed by atoms with Crippen molar-refractivity contribution in [3.05, 3.63) is 46.6 Å². The molecule has 0 saturated carbocycles. The van der Waals surface area contributed by atoms with Gasteiger partial charge in [0.1, 0.15) is 5.82 Å². The van der Waals surface area contributed by atoms with Crippen molar-refractivity contribution in [2.24, 2.45) is 0 Å². The van der Waals surface area contributed by atoms with Crippen LogP contribution in [0.1, 0.15) is 10.4 Å². The molecule has 0 atom stereocenters. The lowest BCUT2D eigenvalue weighted by molar-refractivity contribution is 0.102. The summed E-state index contributed by atoms with van der Waals surface area (Å²) in [5.74, 6) is -7.69. The lowest BCUT2D eigenvalue weighted by Gasteiger charge is -2.07. The third kappa shape index (κ3) is 2.64. The molecule has 0 radical (unpaired) electrons. The average molecular weight is 304 g/mol. The first-order valence-corrected chi connectivity index (χ1v) is 5.44. The largest absolute Gasteiger partial charge is 0.503 e. The summed E-state index contributed by atoms with van der Waals surface area (Å²) in [6.45, 7) is 0. The maximum atomic E-state index is 13.5. The van der Waals surface area contributed by atoms with Crippen LogP contribution in [0.15, 0.2) is 18.3 Å².